The van der Waals surface area contributed by atoms with E-state index in [1.54, 1.807) is 24.5 Å². The largest absolute Gasteiger partial charge is 0.302 e. The number of H-pyrrole nitrogens is 2. The van der Waals surface area contributed by atoms with Crippen LogP contribution in [-0.2, 0) is 11.2 Å². The Bertz CT molecular complexity index is 681. The van der Waals surface area contributed by atoms with Gasteiger partial charge in [0.15, 0.2) is 0 Å². The molecular weight excluding hydrogens is 276 g/mol. The molecular formula is C13H16N4O2S. The summed E-state index contributed by atoms with van der Waals surface area (Å²) in [5.41, 5.74) is 4.79. The summed E-state index contributed by atoms with van der Waals surface area (Å²) in [4.78, 5) is 24.1. The van der Waals surface area contributed by atoms with Gasteiger partial charge in [-0.15, -0.1) is 11.3 Å². The lowest BCUT2D eigenvalue weighted by molar-refractivity contribution is -0.121. The molecule has 2 aromatic heterocycles. The molecule has 0 atom stereocenters. The zero-order valence-corrected chi connectivity index (χ0v) is 12.1. The second-order valence-electron chi connectivity index (χ2n) is 4.44. The minimum Gasteiger partial charge on any atom is -0.302 e. The summed E-state index contributed by atoms with van der Waals surface area (Å²) in [6.45, 7) is 3.78. The molecule has 2 heterocycles. The summed E-state index contributed by atoms with van der Waals surface area (Å²) in [5.74, 6) is -0.213. The molecule has 0 saturated carbocycles. The van der Waals surface area contributed by atoms with E-state index in [4.69, 9.17) is 0 Å². The summed E-state index contributed by atoms with van der Waals surface area (Å²) < 4.78 is 0. The van der Waals surface area contributed by atoms with Crippen LogP contribution in [0.1, 0.15) is 28.1 Å². The van der Waals surface area contributed by atoms with Crippen LogP contribution in [0.4, 0.5) is 0 Å². The lowest BCUT2D eigenvalue weighted by Crippen LogP contribution is -2.19. The molecule has 0 fully saturated rings. The Morgan fingerprint density at radius 3 is 2.85 bits per heavy atom. The van der Waals surface area contributed by atoms with Gasteiger partial charge in [0.25, 0.3) is 5.56 Å². The van der Waals surface area contributed by atoms with E-state index >= 15 is 0 Å². The molecule has 2 aromatic rings. The number of hydrogen-bond donors (Lipinski definition) is 3. The topological polar surface area (TPSA) is 90.1 Å². The molecule has 106 valence electrons. The van der Waals surface area contributed by atoms with E-state index < -0.39 is 0 Å². The first kappa shape index (κ1) is 14.3. The number of hydrogen-bond acceptors (Lipinski definition) is 4. The summed E-state index contributed by atoms with van der Waals surface area (Å²) in [6.07, 6.45) is 2.25. The van der Waals surface area contributed by atoms with Gasteiger partial charge >= 0.3 is 0 Å². The van der Waals surface area contributed by atoms with Gasteiger partial charge in [-0.2, -0.15) is 5.10 Å². The van der Waals surface area contributed by atoms with Crippen molar-refractivity contribution in [3.05, 3.63) is 43.5 Å². The van der Waals surface area contributed by atoms with Crippen LogP contribution in [0.2, 0.25) is 0 Å². The van der Waals surface area contributed by atoms with Gasteiger partial charge in [0.05, 0.1) is 6.21 Å². The Labute approximate surface area is 119 Å². The highest BCUT2D eigenvalue weighted by Crippen LogP contribution is 2.12. The molecule has 20 heavy (non-hydrogen) atoms. The molecule has 0 bridgehead atoms. The number of aromatic amines is 2. The van der Waals surface area contributed by atoms with E-state index in [0.29, 0.717) is 12.0 Å². The second kappa shape index (κ2) is 6.33. The van der Waals surface area contributed by atoms with E-state index in [9.17, 15) is 9.59 Å². The molecule has 0 spiro atoms. The van der Waals surface area contributed by atoms with Gasteiger partial charge in [-0.25, -0.2) is 5.43 Å². The molecule has 0 aliphatic heterocycles. The monoisotopic (exact) mass is 292 g/mol. The standard InChI is InChI=1S/C13H16N4O2S/c1-8-5-6-20-11(8)7-14-16-12(18)4-3-10-9(2)15-17-13(10)19/h5-7H,3-4H2,1-2H3,(H,16,18)(H2,15,17,19). The van der Waals surface area contributed by atoms with E-state index in [1.165, 1.54) is 0 Å². The highest BCUT2D eigenvalue weighted by Gasteiger charge is 2.08. The zero-order chi connectivity index (χ0) is 14.5. The van der Waals surface area contributed by atoms with Crippen molar-refractivity contribution in [1.82, 2.24) is 15.6 Å². The number of aryl methyl sites for hydroxylation is 2. The Balaban J connectivity index is 1.83. The first-order valence-electron chi connectivity index (χ1n) is 6.20. The number of amides is 1. The highest BCUT2D eigenvalue weighted by molar-refractivity contribution is 7.11. The minimum absolute atomic E-state index is 0.173. The molecule has 0 aromatic carbocycles. The smallest absolute Gasteiger partial charge is 0.267 e. The number of aromatic nitrogens is 2. The van der Waals surface area contributed by atoms with Crippen molar-refractivity contribution < 1.29 is 4.79 Å². The fourth-order valence-corrected chi connectivity index (χ4v) is 2.53. The van der Waals surface area contributed by atoms with Crippen LogP contribution in [-0.4, -0.2) is 22.3 Å². The average molecular weight is 292 g/mol. The lowest BCUT2D eigenvalue weighted by atomic mass is 10.1. The van der Waals surface area contributed by atoms with Crippen LogP contribution in [0.15, 0.2) is 21.3 Å². The third-order valence-electron chi connectivity index (χ3n) is 2.97. The van der Waals surface area contributed by atoms with E-state index in [0.717, 1.165) is 16.1 Å². The molecule has 0 radical (unpaired) electrons. The minimum atomic E-state index is -0.213. The fourth-order valence-electron chi connectivity index (χ4n) is 1.75. The Kier molecular flexibility index (Phi) is 4.52. The SMILES string of the molecule is Cc1ccsc1C=NNC(=O)CCc1c(C)[nH][nH]c1=O. The number of carbonyl (C=O) groups excluding carboxylic acids is 1. The lowest BCUT2D eigenvalue weighted by Gasteiger charge is -1.98. The van der Waals surface area contributed by atoms with Crippen molar-refractivity contribution in [2.75, 3.05) is 0 Å². The Hall–Kier alpha value is -2.15. The summed E-state index contributed by atoms with van der Waals surface area (Å²) in [7, 11) is 0. The van der Waals surface area contributed by atoms with E-state index in [-0.39, 0.29) is 17.9 Å². The van der Waals surface area contributed by atoms with Crippen LogP contribution in [0.5, 0.6) is 0 Å². The molecule has 7 heteroatoms. The fraction of sp³-hybridized carbons (Fsp3) is 0.308. The van der Waals surface area contributed by atoms with Gasteiger partial charge in [0, 0.05) is 22.6 Å². The molecule has 2 rings (SSSR count). The molecule has 1 amide bonds. The van der Waals surface area contributed by atoms with Gasteiger partial charge in [-0.3, -0.25) is 14.7 Å². The highest BCUT2D eigenvalue weighted by atomic mass is 32.1. The van der Waals surface area contributed by atoms with Crippen LogP contribution in [0.3, 0.4) is 0 Å². The summed E-state index contributed by atoms with van der Waals surface area (Å²) in [5, 5.41) is 11.1. The quantitative estimate of drug-likeness (QED) is 0.575. The van der Waals surface area contributed by atoms with Crippen molar-refractivity contribution in [2.45, 2.75) is 26.7 Å². The molecule has 6 nitrogen and oxygen atoms in total. The maximum atomic E-state index is 11.6. The maximum absolute atomic E-state index is 11.6. The number of rotatable bonds is 5. The van der Waals surface area contributed by atoms with Crippen LogP contribution < -0.4 is 11.0 Å². The molecule has 0 aliphatic carbocycles. The number of carbonyl (C=O) groups is 1. The summed E-state index contributed by atoms with van der Waals surface area (Å²) >= 11 is 1.57. The molecule has 3 N–H and O–H groups in total. The van der Waals surface area contributed by atoms with Gasteiger partial charge in [-0.1, -0.05) is 0 Å². The molecule has 0 unspecified atom stereocenters. The number of nitrogens with zero attached hydrogens (tertiary/aromatic N) is 1. The van der Waals surface area contributed by atoms with Gasteiger partial charge in [0.2, 0.25) is 5.91 Å². The maximum Gasteiger partial charge on any atom is 0.267 e. The van der Waals surface area contributed by atoms with Gasteiger partial charge in [-0.05, 0) is 37.3 Å². The number of nitrogens with one attached hydrogen (secondary N) is 3. The number of hydrazone groups is 1. The number of thiophene rings is 1. The van der Waals surface area contributed by atoms with Crippen molar-refractivity contribution in [3.63, 3.8) is 0 Å². The zero-order valence-electron chi connectivity index (χ0n) is 11.3. The summed E-state index contributed by atoms with van der Waals surface area (Å²) in [6, 6.07) is 1.99. The third-order valence-corrected chi connectivity index (χ3v) is 3.92. The second-order valence-corrected chi connectivity index (χ2v) is 5.39. The van der Waals surface area contributed by atoms with Crippen LogP contribution >= 0.6 is 11.3 Å². The predicted molar refractivity (Wildman–Crippen MR) is 79.3 cm³/mol. The molecule has 0 saturated heterocycles. The van der Waals surface area contributed by atoms with E-state index in [2.05, 4.69) is 20.7 Å². The normalized spacial score (nSPS) is 11.1. The van der Waals surface area contributed by atoms with Crippen molar-refractivity contribution in [3.8, 4) is 0 Å². The average Bonchev–Trinajstić information content (AvgIpc) is 2.95. The van der Waals surface area contributed by atoms with Crippen LogP contribution in [0.25, 0.3) is 0 Å². The van der Waals surface area contributed by atoms with Crippen molar-refractivity contribution in [1.29, 1.82) is 0 Å². The molecule has 0 aliphatic rings. The Morgan fingerprint density at radius 2 is 2.25 bits per heavy atom. The third kappa shape index (κ3) is 3.45. The Morgan fingerprint density at radius 1 is 1.45 bits per heavy atom. The predicted octanol–water partition coefficient (Wildman–Crippen LogP) is 1.46. The van der Waals surface area contributed by atoms with Gasteiger partial charge < -0.3 is 5.10 Å². The van der Waals surface area contributed by atoms with Crippen molar-refractivity contribution in [2.24, 2.45) is 5.10 Å². The van der Waals surface area contributed by atoms with Crippen LogP contribution in [0, 0.1) is 13.8 Å². The first-order valence-corrected chi connectivity index (χ1v) is 7.08. The van der Waals surface area contributed by atoms with Crippen molar-refractivity contribution >= 4 is 23.5 Å². The van der Waals surface area contributed by atoms with E-state index in [1.807, 2.05) is 18.4 Å². The van der Waals surface area contributed by atoms with Gasteiger partial charge in [0.1, 0.15) is 0 Å². The first-order chi connectivity index (χ1) is 9.58.